The molecule has 582 valence electrons. The molecule has 102 heavy (non-hydrogen) atoms. The van der Waals surface area contributed by atoms with Crippen LogP contribution in [-0.4, -0.2) is 96.7 Å². The minimum Gasteiger partial charge on any atom is -0.462 e. The number of rotatable bonds is 72. The van der Waals surface area contributed by atoms with Gasteiger partial charge >= 0.3 is 39.5 Å². The predicted octanol–water partition coefficient (Wildman–Crippen LogP) is 22.7. The summed E-state index contributed by atoms with van der Waals surface area (Å²) in [5.41, 5.74) is 0. The summed E-state index contributed by atoms with van der Waals surface area (Å²) >= 11 is 0. The van der Waals surface area contributed by atoms with E-state index in [0.717, 1.165) is 173 Å². The molecule has 0 rings (SSSR count). The molecular weight excluding hydrogens is 1330 g/mol. The van der Waals surface area contributed by atoms with E-state index in [0.29, 0.717) is 32.1 Å². The van der Waals surface area contributed by atoms with E-state index < -0.39 is 97.5 Å². The monoisotopic (exact) mass is 1470 g/mol. The maximum atomic E-state index is 13.1. The van der Waals surface area contributed by atoms with Crippen LogP contribution >= 0.6 is 15.6 Å². The van der Waals surface area contributed by atoms with Crippen LogP contribution in [0.4, 0.5) is 0 Å². The van der Waals surface area contributed by atoms with Crippen molar-refractivity contribution in [2.45, 2.75) is 316 Å². The van der Waals surface area contributed by atoms with E-state index in [4.69, 9.17) is 37.0 Å². The smallest absolute Gasteiger partial charge is 0.462 e. The number of carbonyl (C=O) groups is 4. The number of ether oxygens (including phenoxy) is 4. The van der Waals surface area contributed by atoms with Gasteiger partial charge in [0, 0.05) is 25.7 Å². The molecule has 0 aliphatic carbocycles. The third-order valence-corrected chi connectivity index (χ3v) is 17.7. The molecule has 0 fully saturated rings. The van der Waals surface area contributed by atoms with Gasteiger partial charge in [-0.05, 0) is 154 Å². The minimum atomic E-state index is -5.00. The first-order valence-electron chi connectivity index (χ1n) is 39.1. The van der Waals surface area contributed by atoms with E-state index >= 15 is 0 Å². The summed E-state index contributed by atoms with van der Waals surface area (Å²) in [7, 11) is -9.99. The fourth-order valence-electron chi connectivity index (χ4n) is 9.87. The van der Waals surface area contributed by atoms with Crippen LogP contribution in [0.2, 0.25) is 0 Å². The van der Waals surface area contributed by atoms with Crippen LogP contribution in [-0.2, 0) is 65.4 Å². The molecule has 0 radical (unpaired) electrons. The number of allylic oxidation sites excluding steroid dienone is 24. The summed E-state index contributed by atoms with van der Waals surface area (Å²) in [6.07, 6.45) is 84.1. The first kappa shape index (κ1) is 96.9. The summed E-state index contributed by atoms with van der Waals surface area (Å²) in [5.74, 6) is -2.30. The van der Waals surface area contributed by atoms with Gasteiger partial charge in [-0.3, -0.25) is 37.3 Å². The van der Waals surface area contributed by atoms with Crippen molar-refractivity contribution in [3.63, 3.8) is 0 Å². The summed E-state index contributed by atoms with van der Waals surface area (Å²) in [6, 6.07) is 0. The molecule has 0 aromatic rings. The van der Waals surface area contributed by atoms with E-state index in [2.05, 4.69) is 161 Å². The number of esters is 4. The van der Waals surface area contributed by atoms with Crippen molar-refractivity contribution in [3.05, 3.63) is 146 Å². The number of unbranched alkanes of at least 4 members (excludes halogenated alkanes) is 22. The largest absolute Gasteiger partial charge is 0.472 e. The second-order valence-electron chi connectivity index (χ2n) is 25.5. The molecule has 0 spiro atoms. The highest BCUT2D eigenvalue weighted by atomic mass is 31.2. The SMILES string of the molecule is CC/C=C\C/C=C\C/C=C\C/C=C\C/C=C\CCCC(=O)OCC(COP(=O)(O)OCC(O)COP(=O)(O)OCC(COC(=O)CCCCCCC/C=C\CCCCCCCC)OC(=O)CCCCCCC/C=C\C/C=C\CCC)OC(=O)CCCCCC/C=C\C/C=C\C/C=C\C/C=C\CC. The van der Waals surface area contributed by atoms with Gasteiger partial charge in [0.2, 0.25) is 0 Å². The van der Waals surface area contributed by atoms with Crippen molar-refractivity contribution in [2.24, 2.45) is 0 Å². The number of aliphatic hydroxyl groups excluding tert-OH is 1. The standard InChI is InChI=1S/C83H138O17P2/c1-5-9-13-17-21-25-29-33-36-38-41-45-48-52-56-60-64-68-81(86)94-74-79(100-83(88)70-66-62-58-54-50-46-42-39-37-34-30-26-22-18-14-10-6-2)76-98-102(91,92)96-72-77(84)71-95-101(89,90)97-75-78(99-82(87)69-65-61-57-53-49-43-32-28-24-20-16-12-8-4)73-93-80(85)67-63-59-55-51-47-44-40-35-31-27-23-19-15-11-7-3/h9-10,13-14,16,20-22,25-26,28,32-37,40-42,45-46,52,56,77-79,84H,5-8,11-12,15,17-19,23-24,27,29-31,38-39,43-44,47-51,53-55,57-76H2,1-4H3,(H,89,90)(H,91,92)/b13-9-,14-10-,20-16-,25-21-,26-22-,32-28-,36-33-,37-34-,40-35-,45-41-,46-42-,56-52-. The topological polar surface area (TPSA) is 237 Å². The Hall–Kier alpha value is -5.06. The van der Waals surface area contributed by atoms with E-state index in [9.17, 15) is 43.2 Å². The number of phosphoric acid groups is 2. The molecule has 0 aromatic carbocycles. The van der Waals surface area contributed by atoms with Crippen molar-refractivity contribution in [2.75, 3.05) is 39.6 Å². The lowest BCUT2D eigenvalue weighted by Gasteiger charge is -2.21. The second-order valence-corrected chi connectivity index (χ2v) is 28.4. The summed E-state index contributed by atoms with van der Waals surface area (Å²) in [6.45, 7) is 4.45. The lowest BCUT2D eigenvalue weighted by atomic mass is 10.1. The first-order valence-corrected chi connectivity index (χ1v) is 42.1. The number of hydrogen-bond donors (Lipinski definition) is 3. The maximum Gasteiger partial charge on any atom is 0.472 e. The van der Waals surface area contributed by atoms with Gasteiger partial charge in [-0.1, -0.05) is 263 Å². The highest BCUT2D eigenvalue weighted by Crippen LogP contribution is 2.45. The van der Waals surface area contributed by atoms with Crippen molar-refractivity contribution < 1.29 is 80.2 Å². The van der Waals surface area contributed by atoms with Gasteiger partial charge in [0.05, 0.1) is 26.4 Å². The molecule has 0 amide bonds. The van der Waals surface area contributed by atoms with Gasteiger partial charge in [0.15, 0.2) is 12.2 Å². The van der Waals surface area contributed by atoms with Crippen LogP contribution in [0.3, 0.4) is 0 Å². The summed E-state index contributed by atoms with van der Waals surface area (Å²) in [5, 5.41) is 10.6. The van der Waals surface area contributed by atoms with Crippen LogP contribution in [0.1, 0.15) is 297 Å². The molecule has 0 saturated heterocycles. The van der Waals surface area contributed by atoms with Crippen LogP contribution in [0.15, 0.2) is 146 Å². The molecule has 0 heterocycles. The molecule has 17 nitrogen and oxygen atoms in total. The van der Waals surface area contributed by atoms with E-state index in [1.807, 2.05) is 12.2 Å². The Bertz CT molecular complexity index is 2510. The maximum absolute atomic E-state index is 13.1. The van der Waals surface area contributed by atoms with Gasteiger partial charge in [-0.25, -0.2) is 9.13 Å². The van der Waals surface area contributed by atoms with Gasteiger partial charge in [0.1, 0.15) is 19.3 Å². The lowest BCUT2D eigenvalue weighted by molar-refractivity contribution is -0.161. The molecule has 0 aromatic heterocycles. The fourth-order valence-corrected chi connectivity index (χ4v) is 11.4. The zero-order valence-corrected chi connectivity index (χ0v) is 65.3. The molecule has 0 saturated carbocycles. The molecule has 3 N–H and O–H groups in total. The van der Waals surface area contributed by atoms with Crippen LogP contribution in [0, 0.1) is 0 Å². The van der Waals surface area contributed by atoms with Crippen molar-refractivity contribution in [1.29, 1.82) is 0 Å². The van der Waals surface area contributed by atoms with Gasteiger partial charge in [-0.2, -0.15) is 0 Å². The highest BCUT2D eigenvalue weighted by molar-refractivity contribution is 7.47. The second kappa shape index (κ2) is 74.2. The molecular formula is C83H138O17P2. The van der Waals surface area contributed by atoms with Crippen LogP contribution in [0.5, 0.6) is 0 Å². The van der Waals surface area contributed by atoms with E-state index in [-0.39, 0.29) is 25.7 Å². The number of phosphoric ester groups is 2. The van der Waals surface area contributed by atoms with E-state index in [1.165, 1.54) is 38.5 Å². The molecule has 0 bridgehead atoms. The summed E-state index contributed by atoms with van der Waals surface area (Å²) in [4.78, 5) is 72.9. The molecule has 5 unspecified atom stereocenters. The highest BCUT2D eigenvalue weighted by Gasteiger charge is 2.30. The predicted molar refractivity (Wildman–Crippen MR) is 417 cm³/mol. The summed E-state index contributed by atoms with van der Waals surface area (Å²) < 4.78 is 68.5. The number of aliphatic hydroxyl groups is 1. The minimum absolute atomic E-state index is 0.0496. The third kappa shape index (κ3) is 73.3. The van der Waals surface area contributed by atoms with Gasteiger partial charge in [0.25, 0.3) is 0 Å². The van der Waals surface area contributed by atoms with Gasteiger partial charge in [-0.15, -0.1) is 0 Å². The third-order valence-electron chi connectivity index (χ3n) is 15.7. The molecule has 19 heteroatoms. The Labute approximate surface area is 617 Å². The first-order chi connectivity index (χ1) is 49.7. The molecule has 5 atom stereocenters. The zero-order chi connectivity index (χ0) is 74.6. The Morgan fingerprint density at radius 1 is 0.284 bits per heavy atom. The Balaban J connectivity index is 5.45. The van der Waals surface area contributed by atoms with Crippen molar-refractivity contribution in [3.8, 4) is 0 Å². The molecule has 0 aliphatic rings. The lowest BCUT2D eigenvalue weighted by Crippen LogP contribution is -2.30. The quantitative estimate of drug-likeness (QED) is 0.0169. The Morgan fingerprint density at radius 2 is 0.539 bits per heavy atom. The van der Waals surface area contributed by atoms with Crippen LogP contribution in [0.25, 0.3) is 0 Å². The average Bonchev–Trinajstić information content (AvgIpc) is 0.959. The molecule has 0 aliphatic heterocycles. The fraction of sp³-hybridized carbons (Fsp3) is 0.663. The normalized spacial score (nSPS) is 14.7. The number of hydrogen-bond acceptors (Lipinski definition) is 15. The van der Waals surface area contributed by atoms with Crippen molar-refractivity contribution >= 4 is 39.5 Å². The van der Waals surface area contributed by atoms with Crippen molar-refractivity contribution in [1.82, 2.24) is 0 Å². The van der Waals surface area contributed by atoms with Crippen LogP contribution < -0.4 is 0 Å². The zero-order valence-electron chi connectivity index (χ0n) is 63.5. The average molecular weight is 1470 g/mol. The van der Waals surface area contributed by atoms with Gasteiger partial charge < -0.3 is 33.8 Å². The Morgan fingerprint density at radius 3 is 0.873 bits per heavy atom. The number of carbonyl (C=O) groups excluding carboxylic acids is 4. The Kier molecular flexibility index (Phi) is 70.5. The van der Waals surface area contributed by atoms with E-state index in [1.54, 1.807) is 0 Å².